The lowest BCUT2D eigenvalue weighted by molar-refractivity contribution is 1.04. The number of rotatable bonds is 2. The van der Waals surface area contributed by atoms with Crippen molar-refractivity contribution >= 4 is 28.6 Å². The number of aryl methyl sites for hydroxylation is 1. The number of anilines is 1. The number of aromatic nitrogens is 4. The zero-order valence-corrected chi connectivity index (χ0v) is 12.1. The highest BCUT2D eigenvalue weighted by Gasteiger charge is 2.10. The van der Waals surface area contributed by atoms with Gasteiger partial charge in [-0.3, -0.25) is 0 Å². The second kappa shape index (κ2) is 5.15. The first kappa shape index (κ1) is 13.0. The number of benzene rings is 1. The molecule has 0 radical (unpaired) electrons. The fourth-order valence-corrected chi connectivity index (χ4v) is 2.57. The zero-order chi connectivity index (χ0) is 14.1. The zero-order valence-electron chi connectivity index (χ0n) is 10.5. The number of hydrogen-bond acceptors (Lipinski definition) is 6. The lowest BCUT2D eigenvalue weighted by Crippen LogP contribution is -1.87. The standard InChI is InChI=1S/C13H10ClN5S/c1-7-16-5-9(6-17-7)13-19-18-12(20-13)8-2-3-10(14)11(15)4-8/h2-6H,15H2,1H3. The van der Waals surface area contributed by atoms with E-state index >= 15 is 0 Å². The lowest BCUT2D eigenvalue weighted by Gasteiger charge is -1.99. The van der Waals surface area contributed by atoms with E-state index in [2.05, 4.69) is 20.2 Å². The van der Waals surface area contributed by atoms with Crippen molar-refractivity contribution in [2.45, 2.75) is 6.92 Å². The Morgan fingerprint density at radius 3 is 2.35 bits per heavy atom. The second-order valence-electron chi connectivity index (χ2n) is 4.17. The molecule has 0 spiro atoms. The van der Waals surface area contributed by atoms with Gasteiger partial charge in [0, 0.05) is 23.5 Å². The van der Waals surface area contributed by atoms with Gasteiger partial charge in [0.05, 0.1) is 10.7 Å². The van der Waals surface area contributed by atoms with Crippen LogP contribution in [0.1, 0.15) is 5.82 Å². The van der Waals surface area contributed by atoms with Crippen molar-refractivity contribution in [3.05, 3.63) is 41.4 Å². The third-order valence-electron chi connectivity index (χ3n) is 2.70. The molecule has 2 aromatic heterocycles. The van der Waals surface area contributed by atoms with Crippen molar-refractivity contribution in [2.75, 3.05) is 5.73 Å². The van der Waals surface area contributed by atoms with Gasteiger partial charge in [-0.05, 0) is 19.1 Å². The Bertz CT molecular complexity index is 754. The van der Waals surface area contributed by atoms with Gasteiger partial charge in [0.25, 0.3) is 0 Å². The van der Waals surface area contributed by atoms with Crippen LogP contribution in [0.4, 0.5) is 5.69 Å². The molecule has 0 unspecified atom stereocenters. The van der Waals surface area contributed by atoms with Crippen LogP contribution in [0.25, 0.3) is 21.1 Å². The maximum Gasteiger partial charge on any atom is 0.151 e. The third-order valence-corrected chi connectivity index (χ3v) is 4.06. The van der Waals surface area contributed by atoms with Crippen LogP contribution in [0, 0.1) is 6.92 Å². The number of nitrogens with zero attached hydrogens (tertiary/aromatic N) is 4. The highest BCUT2D eigenvalue weighted by molar-refractivity contribution is 7.17. The van der Waals surface area contributed by atoms with Crippen molar-refractivity contribution < 1.29 is 0 Å². The molecule has 3 aromatic rings. The summed E-state index contributed by atoms with van der Waals surface area (Å²) in [6, 6.07) is 5.41. The monoisotopic (exact) mass is 303 g/mol. The van der Waals surface area contributed by atoms with Crippen LogP contribution in [0.3, 0.4) is 0 Å². The molecule has 0 fully saturated rings. The summed E-state index contributed by atoms with van der Waals surface area (Å²) < 4.78 is 0. The molecule has 1 aromatic carbocycles. The molecule has 0 aliphatic carbocycles. The van der Waals surface area contributed by atoms with Gasteiger partial charge in [-0.2, -0.15) is 0 Å². The molecule has 100 valence electrons. The Balaban J connectivity index is 1.97. The smallest absolute Gasteiger partial charge is 0.151 e. The maximum atomic E-state index is 5.91. The Morgan fingerprint density at radius 1 is 1.05 bits per heavy atom. The minimum Gasteiger partial charge on any atom is -0.398 e. The van der Waals surface area contributed by atoms with E-state index in [1.807, 2.05) is 13.0 Å². The summed E-state index contributed by atoms with van der Waals surface area (Å²) in [5.41, 5.74) is 8.07. The molecule has 7 heteroatoms. The first-order valence-electron chi connectivity index (χ1n) is 5.81. The van der Waals surface area contributed by atoms with E-state index in [9.17, 15) is 0 Å². The largest absolute Gasteiger partial charge is 0.398 e. The van der Waals surface area contributed by atoms with Gasteiger partial charge in [-0.25, -0.2) is 9.97 Å². The summed E-state index contributed by atoms with van der Waals surface area (Å²) >= 11 is 7.37. The van der Waals surface area contributed by atoms with Crippen LogP contribution in [0.5, 0.6) is 0 Å². The van der Waals surface area contributed by atoms with Gasteiger partial charge < -0.3 is 5.73 Å². The number of nitrogen functional groups attached to an aromatic ring is 1. The molecule has 0 amide bonds. The number of nitrogens with two attached hydrogens (primary N) is 1. The summed E-state index contributed by atoms with van der Waals surface area (Å²) in [6.45, 7) is 1.84. The van der Waals surface area contributed by atoms with Crippen LogP contribution in [-0.4, -0.2) is 20.2 Å². The van der Waals surface area contributed by atoms with Crippen molar-refractivity contribution in [1.29, 1.82) is 0 Å². The molecule has 2 N–H and O–H groups in total. The van der Waals surface area contributed by atoms with Gasteiger partial charge in [0.2, 0.25) is 0 Å². The molecule has 0 aliphatic rings. The Hall–Kier alpha value is -2.05. The summed E-state index contributed by atoms with van der Waals surface area (Å²) in [5, 5.41) is 10.4. The highest BCUT2D eigenvalue weighted by Crippen LogP contribution is 2.31. The van der Waals surface area contributed by atoms with E-state index < -0.39 is 0 Å². The van der Waals surface area contributed by atoms with Crippen molar-refractivity contribution in [3.8, 4) is 21.1 Å². The minimum atomic E-state index is 0.527. The predicted molar refractivity (Wildman–Crippen MR) is 80.5 cm³/mol. The highest BCUT2D eigenvalue weighted by atomic mass is 35.5. The average Bonchev–Trinajstić information content (AvgIpc) is 2.92. The summed E-state index contributed by atoms with van der Waals surface area (Å²) in [6.07, 6.45) is 3.48. The molecule has 0 saturated carbocycles. The summed E-state index contributed by atoms with van der Waals surface area (Å²) in [7, 11) is 0. The van der Waals surface area contributed by atoms with Gasteiger partial charge in [-0.1, -0.05) is 29.0 Å². The van der Waals surface area contributed by atoms with E-state index in [0.29, 0.717) is 10.7 Å². The van der Waals surface area contributed by atoms with E-state index in [1.54, 1.807) is 24.5 Å². The quantitative estimate of drug-likeness (QED) is 0.736. The first-order chi connectivity index (χ1) is 9.63. The van der Waals surface area contributed by atoms with E-state index in [-0.39, 0.29) is 0 Å². The minimum absolute atomic E-state index is 0.527. The van der Waals surface area contributed by atoms with Crippen LogP contribution in [-0.2, 0) is 0 Å². The van der Waals surface area contributed by atoms with Gasteiger partial charge in [0.15, 0.2) is 5.01 Å². The van der Waals surface area contributed by atoms with Crippen LogP contribution in [0.15, 0.2) is 30.6 Å². The topological polar surface area (TPSA) is 77.6 Å². The Labute approximate surface area is 124 Å². The lowest BCUT2D eigenvalue weighted by atomic mass is 10.2. The van der Waals surface area contributed by atoms with E-state index in [1.165, 1.54) is 11.3 Å². The molecule has 20 heavy (non-hydrogen) atoms. The van der Waals surface area contributed by atoms with Crippen LogP contribution >= 0.6 is 22.9 Å². The molecule has 0 atom stereocenters. The SMILES string of the molecule is Cc1ncc(-c2nnc(-c3ccc(Cl)c(N)c3)s2)cn1. The van der Waals surface area contributed by atoms with Gasteiger partial charge in [-0.15, -0.1) is 10.2 Å². The van der Waals surface area contributed by atoms with Gasteiger partial charge in [0.1, 0.15) is 10.8 Å². The molecule has 0 bridgehead atoms. The first-order valence-corrected chi connectivity index (χ1v) is 7.01. The number of hydrogen-bond donors (Lipinski definition) is 1. The normalized spacial score (nSPS) is 10.7. The molecule has 2 heterocycles. The summed E-state index contributed by atoms with van der Waals surface area (Å²) in [5.74, 6) is 0.726. The van der Waals surface area contributed by atoms with Gasteiger partial charge >= 0.3 is 0 Å². The fraction of sp³-hybridized carbons (Fsp3) is 0.0769. The van der Waals surface area contributed by atoms with Crippen molar-refractivity contribution in [2.24, 2.45) is 0 Å². The molecule has 0 aliphatic heterocycles. The fourth-order valence-electron chi connectivity index (χ4n) is 1.64. The predicted octanol–water partition coefficient (Wildman–Crippen LogP) is 3.21. The van der Waals surface area contributed by atoms with Crippen LogP contribution in [0.2, 0.25) is 5.02 Å². The molecule has 0 saturated heterocycles. The summed E-state index contributed by atoms with van der Waals surface area (Å²) in [4.78, 5) is 8.31. The van der Waals surface area contributed by atoms with Crippen molar-refractivity contribution in [1.82, 2.24) is 20.2 Å². The molecular weight excluding hydrogens is 294 g/mol. The van der Waals surface area contributed by atoms with Crippen molar-refractivity contribution in [3.63, 3.8) is 0 Å². The van der Waals surface area contributed by atoms with E-state index in [4.69, 9.17) is 17.3 Å². The van der Waals surface area contributed by atoms with E-state index in [0.717, 1.165) is 27.0 Å². The second-order valence-corrected chi connectivity index (χ2v) is 5.55. The maximum absolute atomic E-state index is 5.91. The van der Waals surface area contributed by atoms with Crippen LogP contribution < -0.4 is 5.73 Å². The molecular formula is C13H10ClN5S. The number of halogens is 1. The molecule has 5 nitrogen and oxygen atoms in total. The Morgan fingerprint density at radius 2 is 1.70 bits per heavy atom. The Kier molecular flexibility index (Phi) is 3.33. The molecule has 3 rings (SSSR count). The third kappa shape index (κ3) is 2.48. The average molecular weight is 304 g/mol.